The summed E-state index contributed by atoms with van der Waals surface area (Å²) in [6.45, 7) is 0. The summed E-state index contributed by atoms with van der Waals surface area (Å²) in [6, 6.07) is 23.9. The zero-order valence-electron chi connectivity index (χ0n) is 41.4. The van der Waals surface area contributed by atoms with Crippen LogP contribution in [0.1, 0.15) is 0 Å². The van der Waals surface area contributed by atoms with E-state index in [0.717, 1.165) is 54.6 Å². The molecule has 10 rings (SSSR count). The molecule has 0 saturated heterocycles. The van der Waals surface area contributed by atoms with Crippen LogP contribution in [0.4, 0.5) is 51.2 Å². The van der Waals surface area contributed by atoms with E-state index in [-0.39, 0.29) is 82.3 Å². The van der Waals surface area contributed by atoms with Gasteiger partial charge in [-0.1, -0.05) is 6.07 Å². The van der Waals surface area contributed by atoms with E-state index in [1.807, 2.05) is 0 Å². The van der Waals surface area contributed by atoms with Crippen LogP contribution in [0.2, 0.25) is 0 Å². The van der Waals surface area contributed by atoms with Gasteiger partial charge in [0.2, 0.25) is 0 Å². The molecule has 34 heteroatoms. The summed E-state index contributed by atoms with van der Waals surface area (Å²) in [5, 5.41) is 86.1. The largest absolute Gasteiger partial charge is 0.507 e. The number of nitrogens with two attached hydrogens (primary N) is 1. The predicted octanol–water partition coefficient (Wildman–Crippen LogP) is 11.5. The van der Waals surface area contributed by atoms with E-state index in [9.17, 15) is 90.4 Å². The van der Waals surface area contributed by atoms with Crippen molar-refractivity contribution in [1.29, 1.82) is 0 Å². The molecule has 0 aromatic heterocycles. The maximum atomic E-state index is 12.8. The van der Waals surface area contributed by atoms with Gasteiger partial charge in [0.25, 0.3) is 50.6 Å². The Morgan fingerprint density at radius 3 is 0.905 bits per heavy atom. The zero-order chi connectivity index (χ0) is 60.7. The normalized spacial score (nSPS) is 13.2. The van der Waals surface area contributed by atoms with E-state index in [2.05, 4.69) is 40.9 Å². The van der Waals surface area contributed by atoms with Crippen molar-refractivity contribution in [1.82, 2.24) is 0 Å². The number of phenolic OH excluding ortho intramolecular Hbond substituents is 5. The first kappa shape index (κ1) is 57.5. The van der Waals surface area contributed by atoms with E-state index in [0.29, 0.717) is 0 Å². The molecule has 29 nitrogen and oxygen atoms in total. The standard InChI is InChI=1S/C50H33N9O20S5/c51-27-2-7-33-23(11-27)16-39(81(68,69)70)43(47(33)61)56-52-28-4-8-34-24(12-28)17-40(82(71,72)73)44(48(34)62)57-53-29-5-9-35-25(13-29)18-41(83(74,75)76)45(49(35)63)58-54-30-6-10-36-26(14-30)19-42(84(77,78)79)46(50(36)64)59-55-31-3-1-22-15-32(80(65,66)67)21-38(60)37(22)20-31/h1-21,60-64H,51H2,(H,65,66,67)(H,68,69,70)(H,71,72,73)(H,74,75,76)(H,77,78,79). The van der Waals surface area contributed by atoms with Gasteiger partial charge in [-0.3, -0.25) is 22.8 Å². The van der Waals surface area contributed by atoms with Crippen LogP contribution in [0.5, 0.6) is 28.7 Å². The second kappa shape index (κ2) is 20.6. The van der Waals surface area contributed by atoms with Crippen molar-refractivity contribution in [2.45, 2.75) is 24.5 Å². The lowest BCUT2D eigenvalue weighted by Crippen LogP contribution is -1.99. The molecular formula is C50H33N9O20S5. The smallest absolute Gasteiger partial charge is 0.296 e. The van der Waals surface area contributed by atoms with E-state index in [1.165, 1.54) is 72.8 Å². The third kappa shape index (κ3) is 11.2. The predicted molar refractivity (Wildman–Crippen MR) is 298 cm³/mol. The maximum absolute atomic E-state index is 12.8. The Kier molecular flexibility index (Phi) is 14.1. The number of aromatic hydroxyl groups is 5. The molecule has 0 amide bonds. The van der Waals surface area contributed by atoms with E-state index >= 15 is 0 Å². The third-order valence-corrected chi connectivity index (χ3v) is 16.8. The van der Waals surface area contributed by atoms with Crippen molar-refractivity contribution in [3.8, 4) is 28.7 Å². The van der Waals surface area contributed by atoms with Crippen molar-refractivity contribution < 1.29 is 90.4 Å². The lowest BCUT2D eigenvalue weighted by Gasteiger charge is -2.11. The number of azo groups is 4. The van der Waals surface area contributed by atoms with Crippen molar-refractivity contribution >= 4 is 156 Å². The third-order valence-electron chi connectivity index (χ3n) is 12.5. The van der Waals surface area contributed by atoms with Gasteiger partial charge in [-0.2, -0.15) is 62.5 Å². The Morgan fingerprint density at radius 2 is 0.583 bits per heavy atom. The van der Waals surface area contributed by atoms with Crippen molar-refractivity contribution in [3.05, 3.63) is 127 Å². The van der Waals surface area contributed by atoms with Crippen LogP contribution in [0.3, 0.4) is 0 Å². The van der Waals surface area contributed by atoms with E-state index in [1.54, 1.807) is 0 Å². The first-order valence-electron chi connectivity index (χ1n) is 23.0. The molecule has 10 aromatic rings. The number of fused-ring (bicyclic) bond motifs is 5. The molecule has 0 bridgehead atoms. The molecule has 0 unspecified atom stereocenters. The van der Waals surface area contributed by atoms with Gasteiger partial charge < -0.3 is 31.3 Å². The van der Waals surface area contributed by atoms with Gasteiger partial charge in [0.05, 0.1) is 27.6 Å². The Morgan fingerprint density at radius 1 is 0.286 bits per heavy atom. The van der Waals surface area contributed by atoms with E-state index in [4.69, 9.17) is 5.73 Å². The summed E-state index contributed by atoms with van der Waals surface area (Å²) in [4.78, 5) is -4.41. The summed E-state index contributed by atoms with van der Waals surface area (Å²) < 4.78 is 174. The van der Waals surface area contributed by atoms with Gasteiger partial charge in [-0.25, -0.2) is 0 Å². The van der Waals surface area contributed by atoms with E-state index < -0.39 is 127 Å². The Balaban J connectivity index is 0.953. The number of hydrogen-bond donors (Lipinski definition) is 11. The van der Waals surface area contributed by atoms with Gasteiger partial charge >= 0.3 is 0 Å². The number of nitrogens with zero attached hydrogens (tertiary/aromatic N) is 8. The highest BCUT2D eigenvalue weighted by molar-refractivity contribution is 7.87. The van der Waals surface area contributed by atoms with Gasteiger partial charge in [0.1, 0.15) is 48.1 Å². The number of anilines is 1. The molecule has 0 atom stereocenters. The number of phenols is 5. The molecule has 0 radical (unpaired) electrons. The Labute approximate surface area is 470 Å². The number of benzene rings is 10. The average molecular weight is 1240 g/mol. The molecule has 12 N–H and O–H groups in total. The highest BCUT2D eigenvalue weighted by Crippen LogP contribution is 2.48. The van der Waals surface area contributed by atoms with Crippen LogP contribution >= 0.6 is 0 Å². The minimum Gasteiger partial charge on any atom is -0.507 e. The summed E-state index contributed by atoms with van der Waals surface area (Å²) in [7, 11) is -25.4. The summed E-state index contributed by atoms with van der Waals surface area (Å²) in [5.41, 5.74) is 2.40. The van der Waals surface area contributed by atoms with Gasteiger partial charge in [-0.05, 0) is 142 Å². The van der Waals surface area contributed by atoms with Crippen LogP contribution in [-0.2, 0) is 50.6 Å². The van der Waals surface area contributed by atoms with Crippen LogP contribution < -0.4 is 5.73 Å². The van der Waals surface area contributed by atoms with Gasteiger partial charge in [0, 0.05) is 38.7 Å². The van der Waals surface area contributed by atoms with Crippen LogP contribution in [0, 0.1) is 0 Å². The van der Waals surface area contributed by atoms with Crippen LogP contribution in [0.25, 0.3) is 53.9 Å². The molecule has 0 aliphatic carbocycles. The van der Waals surface area contributed by atoms with Crippen molar-refractivity contribution in [2.75, 3.05) is 5.73 Å². The maximum Gasteiger partial charge on any atom is 0.296 e. The second-order valence-corrected chi connectivity index (χ2v) is 25.0. The highest BCUT2D eigenvalue weighted by Gasteiger charge is 2.27. The fraction of sp³-hybridized carbons (Fsp3) is 0. The lowest BCUT2D eigenvalue weighted by atomic mass is 10.1. The number of nitrogen functional groups attached to an aromatic ring is 1. The van der Waals surface area contributed by atoms with Crippen molar-refractivity contribution in [3.63, 3.8) is 0 Å². The number of hydrogen-bond acceptors (Lipinski definition) is 24. The quantitative estimate of drug-likeness (QED) is 0.0290. The molecule has 0 saturated carbocycles. The fourth-order valence-electron chi connectivity index (χ4n) is 8.69. The number of rotatable bonds is 13. The van der Waals surface area contributed by atoms with Crippen molar-refractivity contribution in [2.24, 2.45) is 40.9 Å². The lowest BCUT2D eigenvalue weighted by molar-refractivity contribution is 0.470. The van der Waals surface area contributed by atoms with Gasteiger partial charge in [-0.15, -0.1) is 20.5 Å². The first-order chi connectivity index (χ1) is 39.2. The first-order valence-corrected chi connectivity index (χ1v) is 30.2. The highest BCUT2D eigenvalue weighted by atomic mass is 32.2. The summed E-state index contributed by atoms with van der Waals surface area (Å²) >= 11 is 0. The molecule has 428 valence electrons. The second-order valence-electron chi connectivity index (χ2n) is 18.0. The fourth-order valence-corrected chi connectivity index (χ4v) is 11.9. The van der Waals surface area contributed by atoms with Crippen LogP contribution in [0.15, 0.2) is 193 Å². The molecule has 0 aliphatic rings. The summed E-state index contributed by atoms with van der Waals surface area (Å²) in [5.74, 6) is -3.82. The molecule has 0 heterocycles. The minimum atomic E-state index is -5.27. The molecular weight excluding hydrogens is 1210 g/mol. The van der Waals surface area contributed by atoms with Crippen LogP contribution in [-0.4, -0.2) is 90.4 Å². The molecule has 0 aliphatic heterocycles. The molecule has 0 fully saturated rings. The monoisotopic (exact) mass is 1240 g/mol. The Hall–Kier alpha value is -9.75. The summed E-state index contributed by atoms with van der Waals surface area (Å²) in [6.07, 6.45) is 0. The molecule has 10 aromatic carbocycles. The average Bonchev–Trinajstić information content (AvgIpc) is 1.59. The SMILES string of the molecule is Nc1ccc2c(O)c(N=Nc3ccc4c(O)c(N=Nc5ccc6c(O)c(N=Nc7ccc8c(O)c(N=Nc9ccc%10cc(S(=O)(=O)O)cc(O)c%10c9)c(S(=O)(=O)O)cc8c7)c(S(=O)(=O)O)cc6c5)c(S(=O)(=O)O)cc4c3)c(S(=O)(=O)O)cc2c1. The van der Waals surface area contributed by atoms with Gasteiger partial charge in [0.15, 0.2) is 23.0 Å². The molecule has 0 spiro atoms. The Bertz CT molecular complexity index is 5320. The minimum absolute atomic E-state index is 0.0396. The molecule has 84 heavy (non-hydrogen) atoms. The topological polar surface area (TPSA) is 498 Å². The zero-order valence-corrected chi connectivity index (χ0v) is 45.5.